The number of hydrogen-bond donors (Lipinski definition) is 2. The molecule has 1 aromatic carbocycles. The molecule has 4 N–H and O–H groups in total. The molecule has 0 spiro atoms. The van der Waals surface area contributed by atoms with Crippen molar-refractivity contribution in [1.29, 1.82) is 0 Å². The third kappa shape index (κ3) is 1.35. The van der Waals surface area contributed by atoms with E-state index in [0.717, 1.165) is 17.3 Å². The van der Waals surface area contributed by atoms with Crippen LogP contribution in [0.1, 0.15) is 12.5 Å². The van der Waals surface area contributed by atoms with E-state index < -0.39 is 0 Å². The van der Waals surface area contributed by atoms with Crippen molar-refractivity contribution in [3.05, 3.63) is 23.8 Å². The number of nitrogens with zero attached hydrogens (tertiary/aromatic N) is 2. The van der Waals surface area contributed by atoms with E-state index in [1.165, 1.54) is 5.56 Å². The molecule has 2 rings (SSSR count). The van der Waals surface area contributed by atoms with Gasteiger partial charge in [-0.3, -0.25) is 0 Å². The van der Waals surface area contributed by atoms with Crippen molar-refractivity contribution in [2.24, 2.45) is 0 Å². The molecule has 72 valence electrons. The molecule has 0 aliphatic heterocycles. The molecule has 0 aliphatic rings. The van der Waals surface area contributed by atoms with Gasteiger partial charge in [-0.1, -0.05) is 13.0 Å². The highest BCUT2D eigenvalue weighted by molar-refractivity contribution is 5.89. The zero-order valence-corrected chi connectivity index (χ0v) is 7.99. The van der Waals surface area contributed by atoms with E-state index in [0.29, 0.717) is 5.82 Å². The lowest BCUT2D eigenvalue weighted by atomic mass is 10.1. The Hall–Kier alpha value is -1.84. The van der Waals surface area contributed by atoms with Gasteiger partial charge < -0.3 is 11.5 Å². The van der Waals surface area contributed by atoms with E-state index in [2.05, 4.69) is 16.9 Å². The summed E-state index contributed by atoms with van der Waals surface area (Å²) in [7, 11) is 0. The Morgan fingerprint density at radius 1 is 1.21 bits per heavy atom. The molecular weight excluding hydrogens is 176 g/mol. The molecule has 0 unspecified atom stereocenters. The topological polar surface area (TPSA) is 77.8 Å². The van der Waals surface area contributed by atoms with Crippen LogP contribution in [-0.2, 0) is 6.42 Å². The van der Waals surface area contributed by atoms with Crippen molar-refractivity contribution in [3.8, 4) is 0 Å². The van der Waals surface area contributed by atoms with Crippen LogP contribution in [0.5, 0.6) is 0 Å². The standard InChI is InChI=1S/C10H12N4/c1-2-6-3-4-8-7(5-6)9(11)14-10(12)13-8/h3-5H,2H2,1H3,(H4,11,12,13,14). The van der Waals surface area contributed by atoms with Gasteiger partial charge in [0.05, 0.1) is 5.52 Å². The van der Waals surface area contributed by atoms with Crippen LogP contribution in [0.2, 0.25) is 0 Å². The molecule has 0 aliphatic carbocycles. The minimum Gasteiger partial charge on any atom is -0.383 e. The Morgan fingerprint density at radius 3 is 2.71 bits per heavy atom. The summed E-state index contributed by atoms with van der Waals surface area (Å²) < 4.78 is 0. The van der Waals surface area contributed by atoms with Crippen LogP contribution in [0.4, 0.5) is 11.8 Å². The molecule has 0 atom stereocenters. The highest BCUT2D eigenvalue weighted by Gasteiger charge is 2.03. The first-order valence-electron chi connectivity index (χ1n) is 4.52. The number of aryl methyl sites for hydroxylation is 1. The summed E-state index contributed by atoms with van der Waals surface area (Å²) >= 11 is 0. The molecule has 0 amide bonds. The van der Waals surface area contributed by atoms with E-state index in [4.69, 9.17) is 11.5 Å². The second-order valence-electron chi connectivity index (χ2n) is 3.17. The first-order chi connectivity index (χ1) is 6.70. The van der Waals surface area contributed by atoms with Gasteiger partial charge in [0, 0.05) is 5.39 Å². The number of nitrogens with two attached hydrogens (primary N) is 2. The highest BCUT2D eigenvalue weighted by Crippen LogP contribution is 2.20. The van der Waals surface area contributed by atoms with Crippen LogP contribution in [0.3, 0.4) is 0 Å². The first-order valence-corrected chi connectivity index (χ1v) is 4.52. The predicted octanol–water partition coefficient (Wildman–Crippen LogP) is 1.36. The molecule has 0 fully saturated rings. The monoisotopic (exact) mass is 188 g/mol. The molecule has 14 heavy (non-hydrogen) atoms. The molecular formula is C10H12N4. The number of rotatable bonds is 1. The van der Waals surface area contributed by atoms with Crippen molar-refractivity contribution in [3.63, 3.8) is 0 Å². The largest absolute Gasteiger partial charge is 0.383 e. The van der Waals surface area contributed by atoms with Crippen LogP contribution in [0, 0.1) is 0 Å². The maximum absolute atomic E-state index is 5.75. The van der Waals surface area contributed by atoms with Crippen LogP contribution < -0.4 is 11.5 Å². The van der Waals surface area contributed by atoms with Gasteiger partial charge in [-0.25, -0.2) is 4.98 Å². The number of fused-ring (bicyclic) bond motifs is 1. The third-order valence-electron chi connectivity index (χ3n) is 2.22. The Balaban J connectivity index is 2.75. The van der Waals surface area contributed by atoms with Gasteiger partial charge in [0.15, 0.2) is 0 Å². The first kappa shape index (κ1) is 8.74. The summed E-state index contributed by atoms with van der Waals surface area (Å²) in [5, 5.41) is 0.874. The van der Waals surface area contributed by atoms with Crippen LogP contribution in [-0.4, -0.2) is 9.97 Å². The quantitative estimate of drug-likeness (QED) is 0.708. The van der Waals surface area contributed by atoms with Gasteiger partial charge in [0.1, 0.15) is 5.82 Å². The van der Waals surface area contributed by atoms with Crippen molar-refractivity contribution in [1.82, 2.24) is 9.97 Å². The average molecular weight is 188 g/mol. The summed E-state index contributed by atoms with van der Waals surface area (Å²) in [6.07, 6.45) is 0.972. The average Bonchev–Trinajstić information content (AvgIpc) is 2.17. The van der Waals surface area contributed by atoms with Gasteiger partial charge >= 0.3 is 0 Å². The van der Waals surface area contributed by atoms with E-state index in [-0.39, 0.29) is 5.95 Å². The van der Waals surface area contributed by atoms with Gasteiger partial charge in [0.25, 0.3) is 0 Å². The molecule has 1 aromatic heterocycles. The molecule has 0 bridgehead atoms. The van der Waals surface area contributed by atoms with Crippen LogP contribution >= 0.6 is 0 Å². The Labute approximate surface area is 82.0 Å². The fourth-order valence-corrected chi connectivity index (χ4v) is 1.44. The number of aromatic nitrogens is 2. The Bertz CT molecular complexity index is 479. The predicted molar refractivity (Wildman–Crippen MR) is 57.7 cm³/mol. The summed E-state index contributed by atoms with van der Waals surface area (Å²) in [4.78, 5) is 8.02. The molecule has 2 aromatic rings. The summed E-state index contributed by atoms with van der Waals surface area (Å²) in [6.45, 7) is 2.09. The second kappa shape index (κ2) is 3.14. The van der Waals surface area contributed by atoms with E-state index >= 15 is 0 Å². The van der Waals surface area contributed by atoms with Crippen molar-refractivity contribution >= 4 is 22.7 Å². The minimum absolute atomic E-state index is 0.222. The summed E-state index contributed by atoms with van der Waals surface area (Å²) in [5.41, 5.74) is 13.3. The lowest BCUT2D eigenvalue weighted by molar-refractivity contribution is 1.14. The maximum atomic E-state index is 5.75. The Kier molecular flexibility index (Phi) is 1.96. The van der Waals surface area contributed by atoms with Gasteiger partial charge in [-0.05, 0) is 24.1 Å². The van der Waals surface area contributed by atoms with Gasteiger partial charge in [0.2, 0.25) is 5.95 Å². The minimum atomic E-state index is 0.222. The van der Waals surface area contributed by atoms with Crippen LogP contribution in [0.25, 0.3) is 10.9 Å². The summed E-state index contributed by atoms with van der Waals surface area (Å²) in [6, 6.07) is 5.95. The number of hydrogen-bond acceptors (Lipinski definition) is 4. The van der Waals surface area contributed by atoms with E-state index in [1.54, 1.807) is 0 Å². The summed E-state index contributed by atoms with van der Waals surface area (Å²) in [5.74, 6) is 0.669. The zero-order valence-electron chi connectivity index (χ0n) is 7.99. The fourth-order valence-electron chi connectivity index (χ4n) is 1.44. The molecule has 0 saturated carbocycles. The molecule has 4 heteroatoms. The van der Waals surface area contributed by atoms with Crippen molar-refractivity contribution < 1.29 is 0 Å². The van der Waals surface area contributed by atoms with Crippen LogP contribution in [0.15, 0.2) is 18.2 Å². The maximum Gasteiger partial charge on any atom is 0.222 e. The zero-order chi connectivity index (χ0) is 10.1. The lowest BCUT2D eigenvalue weighted by Crippen LogP contribution is -2.00. The third-order valence-corrected chi connectivity index (χ3v) is 2.22. The number of nitrogen functional groups attached to an aromatic ring is 2. The SMILES string of the molecule is CCc1ccc2nc(N)nc(N)c2c1. The molecule has 0 saturated heterocycles. The normalized spacial score (nSPS) is 10.6. The van der Waals surface area contributed by atoms with Gasteiger partial charge in [-0.2, -0.15) is 4.98 Å². The van der Waals surface area contributed by atoms with E-state index in [9.17, 15) is 0 Å². The number of benzene rings is 1. The van der Waals surface area contributed by atoms with Crippen molar-refractivity contribution in [2.45, 2.75) is 13.3 Å². The number of anilines is 2. The van der Waals surface area contributed by atoms with E-state index in [1.807, 2.05) is 18.2 Å². The second-order valence-corrected chi connectivity index (χ2v) is 3.17. The highest BCUT2D eigenvalue weighted by atomic mass is 15.0. The molecule has 0 radical (unpaired) electrons. The lowest BCUT2D eigenvalue weighted by Gasteiger charge is -2.03. The molecule has 4 nitrogen and oxygen atoms in total. The Morgan fingerprint density at radius 2 is 2.00 bits per heavy atom. The van der Waals surface area contributed by atoms with Gasteiger partial charge in [-0.15, -0.1) is 0 Å². The fraction of sp³-hybridized carbons (Fsp3) is 0.200. The molecule has 1 heterocycles. The smallest absolute Gasteiger partial charge is 0.222 e. The van der Waals surface area contributed by atoms with Crippen molar-refractivity contribution in [2.75, 3.05) is 11.5 Å².